The van der Waals surface area contributed by atoms with E-state index in [0.717, 1.165) is 25.1 Å². The predicted octanol–water partition coefficient (Wildman–Crippen LogP) is 1.44. The second-order valence-electron chi connectivity index (χ2n) is 4.19. The number of aromatic nitrogens is 1. The van der Waals surface area contributed by atoms with E-state index < -0.39 is 11.6 Å². The zero-order chi connectivity index (χ0) is 12.1. The van der Waals surface area contributed by atoms with Crippen LogP contribution < -0.4 is 10.6 Å². The van der Waals surface area contributed by atoms with E-state index in [4.69, 9.17) is 4.74 Å². The van der Waals surface area contributed by atoms with Gasteiger partial charge < -0.3 is 15.4 Å². The Morgan fingerprint density at radius 2 is 2.39 bits per heavy atom. The summed E-state index contributed by atoms with van der Waals surface area (Å²) in [6, 6.07) is 5.73. The molecule has 1 fully saturated rings. The Kier molecular flexibility index (Phi) is 5.37. The monoisotopic (exact) mass is 271 g/mol. The average molecular weight is 272 g/mol. The zero-order valence-electron chi connectivity index (χ0n) is 10.3. The largest absolute Gasteiger partial charge is 0.453 e. The van der Waals surface area contributed by atoms with E-state index >= 15 is 0 Å². The van der Waals surface area contributed by atoms with Crippen LogP contribution in [0.5, 0.6) is 0 Å². The van der Waals surface area contributed by atoms with E-state index in [-0.39, 0.29) is 12.4 Å². The molecule has 0 aromatic carbocycles. The standard InChI is InChI=1S/C12H17N3O2.ClH/c1-17-11(16)15-12(6-4-7-13-9-12)10-5-2-3-8-14-10;/h2-3,5,8,13H,4,6-7,9H2,1H3,(H,15,16);1H. The minimum Gasteiger partial charge on any atom is -0.453 e. The van der Waals surface area contributed by atoms with E-state index in [1.54, 1.807) is 6.20 Å². The molecule has 0 spiro atoms. The number of hydrogen-bond acceptors (Lipinski definition) is 4. The molecule has 5 nitrogen and oxygen atoms in total. The van der Waals surface area contributed by atoms with Crippen molar-refractivity contribution in [3.8, 4) is 0 Å². The maximum atomic E-state index is 11.5. The third kappa shape index (κ3) is 3.11. The van der Waals surface area contributed by atoms with Gasteiger partial charge in [0.1, 0.15) is 0 Å². The molecular weight excluding hydrogens is 254 g/mol. The van der Waals surface area contributed by atoms with Crippen LogP contribution >= 0.6 is 12.4 Å². The number of amides is 1. The van der Waals surface area contributed by atoms with Crippen LogP contribution in [0.15, 0.2) is 24.4 Å². The summed E-state index contributed by atoms with van der Waals surface area (Å²) in [4.78, 5) is 15.8. The number of halogens is 1. The van der Waals surface area contributed by atoms with Crippen LogP contribution in [-0.2, 0) is 10.3 Å². The first-order valence-electron chi connectivity index (χ1n) is 5.75. The number of pyridine rings is 1. The lowest BCUT2D eigenvalue weighted by Gasteiger charge is -2.37. The Balaban J connectivity index is 0.00000162. The molecule has 2 rings (SSSR count). The summed E-state index contributed by atoms with van der Waals surface area (Å²) in [5.74, 6) is 0. The number of ether oxygens (including phenoxy) is 1. The van der Waals surface area contributed by atoms with Crippen molar-refractivity contribution in [3.63, 3.8) is 0 Å². The number of nitrogens with zero attached hydrogens (tertiary/aromatic N) is 1. The van der Waals surface area contributed by atoms with Gasteiger partial charge in [-0.05, 0) is 31.5 Å². The lowest BCUT2D eigenvalue weighted by Crippen LogP contribution is -2.55. The quantitative estimate of drug-likeness (QED) is 0.854. The van der Waals surface area contributed by atoms with Gasteiger partial charge >= 0.3 is 6.09 Å². The van der Waals surface area contributed by atoms with Crippen LogP contribution in [0.3, 0.4) is 0 Å². The normalized spacial score (nSPS) is 22.7. The van der Waals surface area contributed by atoms with Gasteiger partial charge in [0, 0.05) is 12.7 Å². The molecule has 1 unspecified atom stereocenters. The van der Waals surface area contributed by atoms with Crippen LogP contribution in [0.1, 0.15) is 18.5 Å². The van der Waals surface area contributed by atoms with E-state index in [1.165, 1.54) is 7.11 Å². The van der Waals surface area contributed by atoms with Crippen molar-refractivity contribution in [3.05, 3.63) is 30.1 Å². The summed E-state index contributed by atoms with van der Waals surface area (Å²) in [5, 5.41) is 6.21. The summed E-state index contributed by atoms with van der Waals surface area (Å²) >= 11 is 0. The Morgan fingerprint density at radius 1 is 1.56 bits per heavy atom. The number of carbonyl (C=O) groups excluding carboxylic acids is 1. The molecule has 2 N–H and O–H groups in total. The van der Waals surface area contributed by atoms with Gasteiger partial charge in [-0.1, -0.05) is 6.07 Å². The first kappa shape index (κ1) is 14.7. The third-order valence-electron chi connectivity index (χ3n) is 3.07. The number of rotatable bonds is 2. The molecule has 2 heterocycles. The van der Waals surface area contributed by atoms with E-state index in [1.807, 2.05) is 18.2 Å². The molecular formula is C12H18ClN3O2. The van der Waals surface area contributed by atoms with Crippen molar-refractivity contribution < 1.29 is 9.53 Å². The van der Waals surface area contributed by atoms with Crippen molar-refractivity contribution in [2.75, 3.05) is 20.2 Å². The summed E-state index contributed by atoms with van der Waals surface area (Å²) in [7, 11) is 1.37. The maximum Gasteiger partial charge on any atom is 0.407 e. The highest BCUT2D eigenvalue weighted by Gasteiger charge is 2.36. The lowest BCUT2D eigenvalue weighted by atomic mass is 9.86. The molecule has 1 saturated heterocycles. The highest BCUT2D eigenvalue weighted by atomic mass is 35.5. The van der Waals surface area contributed by atoms with Crippen LogP contribution in [0.25, 0.3) is 0 Å². The fraction of sp³-hybridized carbons (Fsp3) is 0.500. The van der Waals surface area contributed by atoms with Gasteiger partial charge in [-0.25, -0.2) is 4.79 Å². The minimum absolute atomic E-state index is 0. The van der Waals surface area contributed by atoms with Crippen LogP contribution in [0, 0.1) is 0 Å². The molecule has 0 aliphatic carbocycles. The lowest BCUT2D eigenvalue weighted by molar-refractivity contribution is 0.145. The van der Waals surface area contributed by atoms with Crippen molar-refractivity contribution in [1.29, 1.82) is 0 Å². The Labute approximate surface area is 113 Å². The molecule has 100 valence electrons. The molecule has 1 aromatic rings. The van der Waals surface area contributed by atoms with E-state index in [0.29, 0.717) is 6.54 Å². The molecule has 1 atom stereocenters. The van der Waals surface area contributed by atoms with Gasteiger partial charge in [0.2, 0.25) is 0 Å². The number of alkyl carbamates (subject to hydrolysis) is 1. The molecule has 18 heavy (non-hydrogen) atoms. The smallest absolute Gasteiger partial charge is 0.407 e. The zero-order valence-corrected chi connectivity index (χ0v) is 11.1. The van der Waals surface area contributed by atoms with Crippen LogP contribution in [0.4, 0.5) is 4.79 Å². The Morgan fingerprint density at radius 3 is 2.94 bits per heavy atom. The second kappa shape index (κ2) is 6.56. The van der Waals surface area contributed by atoms with Gasteiger partial charge in [0.05, 0.1) is 18.3 Å². The Bertz CT molecular complexity index is 380. The highest BCUT2D eigenvalue weighted by molar-refractivity contribution is 5.85. The van der Waals surface area contributed by atoms with Gasteiger partial charge in [0.25, 0.3) is 0 Å². The molecule has 0 bridgehead atoms. The maximum absolute atomic E-state index is 11.5. The summed E-state index contributed by atoms with van der Waals surface area (Å²) in [5.41, 5.74) is 0.421. The van der Waals surface area contributed by atoms with Gasteiger partial charge in [0.15, 0.2) is 0 Å². The number of nitrogens with one attached hydrogen (secondary N) is 2. The van der Waals surface area contributed by atoms with Crippen molar-refractivity contribution in [2.45, 2.75) is 18.4 Å². The summed E-state index contributed by atoms with van der Waals surface area (Å²) in [6.07, 6.45) is 3.19. The van der Waals surface area contributed by atoms with E-state index in [2.05, 4.69) is 15.6 Å². The van der Waals surface area contributed by atoms with Crippen molar-refractivity contribution in [1.82, 2.24) is 15.6 Å². The SMILES string of the molecule is COC(=O)NC1(c2ccccn2)CCCNC1.Cl. The molecule has 0 saturated carbocycles. The van der Waals surface area contributed by atoms with Crippen molar-refractivity contribution >= 4 is 18.5 Å². The van der Waals surface area contributed by atoms with E-state index in [9.17, 15) is 4.79 Å². The number of piperidine rings is 1. The molecule has 1 aliphatic heterocycles. The molecule has 1 aliphatic rings. The van der Waals surface area contributed by atoms with Crippen molar-refractivity contribution in [2.24, 2.45) is 0 Å². The molecule has 1 aromatic heterocycles. The Hall–Kier alpha value is -1.33. The molecule has 6 heteroatoms. The van der Waals surface area contributed by atoms with Gasteiger partial charge in [-0.3, -0.25) is 4.98 Å². The fourth-order valence-corrected chi connectivity index (χ4v) is 2.19. The number of carbonyl (C=O) groups is 1. The fourth-order valence-electron chi connectivity index (χ4n) is 2.19. The minimum atomic E-state index is -0.452. The van der Waals surface area contributed by atoms with Crippen LogP contribution in [0.2, 0.25) is 0 Å². The average Bonchev–Trinajstić information content (AvgIpc) is 2.40. The summed E-state index contributed by atoms with van der Waals surface area (Å²) < 4.78 is 4.69. The summed E-state index contributed by atoms with van der Waals surface area (Å²) in [6.45, 7) is 1.65. The first-order valence-corrected chi connectivity index (χ1v) is 5.75. The predicted molar refractivity (Wildman–Crippen MR) is 70.8 cm³/mol. The van der Waals surface area contributed by atoms with Gasteiger partial charge in [-0.15, -0.1) is 12.4 Å². The number of hydrogen-bond donors (Lipinski definition) is 2. The second-order valence-corrected chi connectivity index (χ2v) is 4.19. The first-order chi connectivity index (χ1) is 8.27. The van der Waals surface area contributed by atoms with Gasteiger partial charge in [-0.2, -0.15) is 0 Å². The molecule has 1 amide bonds. The molecule has 0 radical (unpaired) electrons. The topological polar surface area (TPSA) is 63.2 Å². The number of methoxy groups -OCH3 is 1. The highest BCUT2D eigenvalue weighted by Crippen LogP contribution is 2.26. The third-order valence-corrected chi connectivity index (χ3v) is 3.07. The van der Waals surface area contributed by atoms with Crippen LogP contribution in [-0.4, -0.2) is 31.3 Å².